The fraction of sp³-hybridized carbons (Fsp3) is 0.385. The van der Waals surface area contributed by atoms with Crippen LogP contribution in [-0.4, -0.2) is 48.6 Å². The summed E-state index contributed by atoms with van der Waals surface area (Å²) in [5, 5.41) is 19.7. The second-order valence-electron chi connectivity index (χ2n) is 4.38. The first kappa shape index (κ1) is 14.7. The van der Waals surface area contributed by atoms with Gasteiger partial charge >= 0.3 is 5.69 Å². The number of amides is 1. The topological polar surface area (TPSA) is 106 Å². The Hall–Kier alpha value is -2.66. The van der Waals surface area contributed by atoms with Crippen molar-refractivity contribution >= 4 is 11.6 Å². The van der Waals surface area contributed by atoms with Crippen LogP contribution in [0.1, 0.15) is 10.4 Å². The molecule has 1 aliphatic heterocycles. The van der Waals surface area contributed by atoms with Crippen LogP contribution in [0, 0.1) is 21.4 Å². The first-order valence-electron chi connectivity index (χ1n) is 6.19. The number of rotatable bonds is 3. The van der Waals surface area contributed by atoms with Crippen molar-refractivity contribution < 1.29 is 19.2 Å². The van der Waals surface area contributed by atoms with Gasteiger partial charge in [0.1, 0.15) is 0 Å². The third kappa shape index (κ3) is 3.09. The number of carbonyl (C=O) groups excluding carboxylic acids is 1. The standard InChI is InChI=1S/C13H13N3O5/c1-20-12-6-9(2-3-11(12)16(18)19)13(17)15-4-5-21-10(7-14)8-15/h2-3,6,10H,4-5,8H2,1H3. The molecule has 0 radical (unpaired) electrons. The number of morpholine rings is 1. The van der Waals surface area contributed by atoms with Gasteiger partial charge in [-0.25, -0.2) is 0 Å². The average Bonchev–Trinajstić information content (AvgIpc) is 2.53. The number of hydrogen-bond donors (Lipinski definition) is 0. The maximum atomic E-state index is 12.3. The Balaban J connectivity index is 2.23. The molecule has 110 valence electrons. The average molecular weight is 291 g/mol. The number of benzene rings is 1. The molecule has 1 amide bonds. The number of nitro benzene ring substituents is 1. The summed E-state index contributed by atoms with van der Waals surface area (Å²) in [5.74, 6) is -0.289. The summed E-state index contributed by atoms with van der Waals surface area (Å²) in [5.41, 5.74) is 0.0713. The molecule has 0 saturated carbocycles. The van der Waals surface area contributed by atoms with E-state index in [0.29, 0.717) is 6.54 Å². The van der Waals surface area contributed by atoms with Crippen LogP contribution in [0.2, 0.25) is 0 Å². The van der Waals surface area contributed by atoms with E-state index in [4.69, 9.17) is 14.7 Å². The summed E-state index contributed by atoms with van der Waals surface area (Å²) >= 11 is 0. The number of methoxy groups -OCH3 is 1. The van der Waals surface area contributed by atoms with Crippen LogP contribution in [0.4, 0.5) is 5.69 Å². The van der Waals surface area contributed by atoms with Crippen molar-refractivity contribution in [2.24, 2.45) is 0 Å². The van der Waals surface area contributed by atoms with E-state index >= 15 is 0 Å². The molecular weight excluding hydrogens is 278 g/mol. The van der Waals surface area contributed by atoms with Crippen molar-refractivity contribution in [2.75, 3.05) is 26.8 Å². The predicted molar refractivity (Wildman–Crippen MR) is 70.9 cm³/mol. The van der Waals surface area contributed by atoms with Crippen molar-refractivity contribution in [1.29, 1.82) is 5.26 Å². The zero-order valence-corrected chi connectivity index (χ0v) is 11.3. The number of nitrogens with zero attached hydrogens (tertiary/aromatic N) is 3. The van der Waals surface area contributed by atoms with Gasteiger partial charge in [0, 0.05) is 24.2 Å². The summed E-state index contributed by atoms with van der Waals surface area (Å²) < 4.78 is 10.1. The Morgan fingerprint density at radius 1 is 1.62 bits per heavy atom. The van der Waals surface area contributed by atoms with Gasteiger partial charge < -0.3 is 14.4 Å². The van der Waals surface area contributed by atoms with Crippen molar-refractivity contribution in [2.45, 2.75) is 6.10 Å². The minimum Gasteiger partial charge on any atom is -0.490 e. The lowest BCUT2D eigenvalue weighted by Crippen LogP contribution is -2.45. The van der Waals surface area contributed by atoms with Crippen LogP contribution < -0.4 is 4.74 Å². The number of nitriles is 1. The van der Waals surface area contributed by atoms with Crippen molar-refractivity contribution in [3.63, 3.8) is 0 Å². The molecule has 1 saturated heterocycles. The lowest BCUT2D eigenvalue weighted by molar-refractivity contribution is -0.385. The molecule has 1 fully saturated rings. The molecule has 1 atom stereocenters. The quantitative estimate of drug-likeness (QED) is 0.606. The third-order valence-corrected chi connectivity index (χ3v) is 3.12. The predicted octanol–water partition coefficient (Wildman–Crippen LogP) is 0.968. The monoisotopic (exact) mass is 291 g/mol. The maximum Gasteiger partial charge on any atom is 0.310 e. The Kier molecular flexibility index (Phi) is 4.35. The van der Waals surface area contributed by atoms with E-state index in [-0.39, 0.29) is 36.1 Å². The van der Waals surface area contributed by atoms with Gasteiger partial charge in [-0.2, -0.15) is 5.26 Å². The minimum atomic E-state index is -0.650. The normalized spacial score (nSPS) is 17.9. The van der Waals surface area contributed by atoms with Gasteiger partial charge in [0.05, 0.1) is 31.3 Å². The molecule has 8 nitrogen and oxygen atoms in total. The fourth-order valence-electron chi connectivity index (χ4n) is 2.06. The van der Waals surface area contributed by atoms with Crippen LogP contribution in [0.15, 0.2) is 18.2 Å². The highest BCUT2D eigenvalue weighted by Gasteiger charge is 2.26. The lowest BCUT2D eigenvalue weighted by Gasteiger charge is -2.29. The largest absolute Gasteiger partial charge is 0.490 e. The SMILES string of the molecule is COc1cc(C(=O)N2CCOC(C#N)C2)ccc1[N+](=O)[O-]. The Morgan fingerprint density at radius 2 is 2.38 bits per heavy atom. The van der Waals surface area contributed by atoms with Gasteiger partial charge in [-0.05, 0) is 6.07 Å². The van der Waals surface area contributed by atoms with Crippen molar-refractivity contribution in [3.05, 3.63) is 33.9 Å². The Morgan fingerprint density at radius 3 is 3.00 bits per heavy atom. The highest BCUT2D eigenvalue weighted by Crippen LogP contribution is 2.28. The van der Waals surface area contributed by atoms with E-state index < -0.39 is 11.0 Å². The van der Waals surface area contributed by atoms with E-state index in [0.717, 1.165) is 0 Å². The molecule has 1 aromatic carbocycles. The molecule has 1 unspecified atom stereocenters. The molecule has 1 aromatic rings. The molecule has 8 heteroatoms. The van der Waals surface area contributed by atoms with Crippen LogP contribution in [-0.2, 0) is 4.74 Å². The number of carbonyl (C=O) groups is 1. The molecule has 0 spiro atoms. The molecule has 0 N–H and O–H groups in total. The smallest absolute Gasteiger partial charge is 0.310 e. The summed E-state index contributed by atoms with van der Waals surface area (Å²) in [7, 11) is 1.30. The van der Waals surface area contributed by atoms with E-state index in [1.807, 2.05) is 6.07 Å². The molecule has 1 aliphatic rings. The molecular formula is C13H13N3O5. The van der Waals surface area contributed by atoms with E-state index in [1.54, 1.807) is 0 Å². The first-order valence-corrected chi connectivity index (χ1v) is 6.19. The Labute approximate surface area is 120 Å². The fourth-order valence-corrected chi connectivity index (χ4v) is 2.06. The highest BCUT2D eigenvalue weighted by molar-refractivity contribution is 5.95. The van der Waals surface area contributed by atoms with Gasteiger partial charge in [0.15, 0.2) is 11.9 Å². The van der Waals surface area contributed by atoms with Crippen molar-refractivity contribution in [3.8, 4) is 11.8 Å². The molecule has 1 heterocycles. The second-order valence-corrected chi connectivity index (χ2v) is 4.38. The lowest BCUT2D eigenvalue weighted by atomic mass is 10.1. The Bertz CT molecular complexity index is 610. The molecule has 0 bridgehead atoms. The molecule has 0 aromatic heterocycles. The van der Waals surface area contributed by atoms with E-state index in [9.17, 15) is 14.9 Å². The van der Waals surface area contributed by atoms with Crippen molar-refractivity contribution in [1.82, 2.24) is 4.90 Å². The minimum absolute atomic E-state index is 0.0240. The molecule has 0 aliphatic carbocycles. The summed E-state index contributed by atoms with van der Waals surface area (Å²) in [6.07, 6.45) is -0.650. The summed E-state index contributed by atoms with van der Waals surface area (Å²) in [6, 6.07) is 5.89. The second kappa shape index (κ2) is 6.19. The number of hydrogen-bond acceptors (Lipinski definition) is 6. The zero-order chi connectivity index (χ0) is 15.4. The third-order valence-electron chi connectivity index (χ3n) is 3.12. The van der Waals surface area contributed by atoms with Crippen LogP contribution in [0.3, 0.4) is 0 Å². The molecule has 2 rings (SSSR count). The van der Waals surface area contributed by atoms with Gasteiger partial charge in [-0.1, -0.05) is 0 Å². The summed E-state index contributed by atoms with van der Waals surface area (Å²) in [4.78, 5) is 24.1. The van der Waals surface area contributed by atoms with Gasteiger partial charge in [0.25, 0.3) is 5.91 Å². The first-order chi connectivity index (χ1) is 10.1. The van der Waals surface area contributed by atoms with Crippen LogP contribution >= 0.6 is 0 Å². The van der Waals surface area contributed by atoms with Gasteiger partial charge in [0.2, 0.25) is 0 Å². The highest BCUT2D eigenvalue weighted by atomic mass is 16.6. The van der Waals surface area contributed by atoms with Gasteiger partial charge in [-0.3, -0.25) is 14.9 Å². The number of ether oxygens (including phenoxy) is 2. The van der Waals surface area contributed by atoms with E-state index in [2.05, 4.69) is 0 Å². The van der Waals surface area contributed by atoms with Crippen LogP contribution in [0.25, 0.3) is 0 Å². The van der Waals surface area contributed by atoms with Gasteiger partial charge in [-0.15, -0.1) is 0 Å². The maximum absolute atomic E-state index is 12.3. The number of nitro groups is 1. The zero-order valence-electron chi connectivity index (χ0n) is 11.3. The summed E-state index contributed by atoms with van der Waals surface area (Å²) in [6.45, 7) is 0.832. The molecule has 21 heavy (non-hydrogen) atoms. The van der Waals surface area contributed by atoms with E-state index in [1.165, 1.54) is 30.2 Å². The van der Waals surface area contributed by atoms with Crippen LogP contribution in [0.5, 0.6) is 5.75 Å².